The van der Waals surface area contributed by atoms with Crippen LogP contribution in [-0.4, -0.2) is 16.9 Å². The average molecular weight is 372 g/mol. The van der Waals surface area contributed by atoms with Gasteiger partial charge < -0.3 is 15.7 Å². The zero-order chi connectivity index (χ0) is 17.6. The first kappa shape index (κ1) is 17.3. The Hall–Kier alpha value is -2.48. The lowest BCUT2D eigenvalue weighted by molar-refractivity contribution is -0.136. The number of hydrogen-bond acceptors (Lipinski definition) is 5. The number of carbonyl (C=O) groups is 2. The van der Waals surface area contributed by atoms with E-state index in [0.29, 0.717) is 5.69 Å². The van der Waals surface area contributed by atoms with Gasteiger partial charge in [0.25, 0.3) is 0 Å². The molecule has 128 valence electrons. The van der Waals surface area contributed by atoms with E-state index in [1.165, 1.54) is 22.7 Å². The number of aliphatic hydroxyl groups excluding tert-OH is 1. The number of aliphatic hydroxyl groups is 1. The SMILES string of the molecule is O=C(NCc1ccc(C(O)c2cccs2)s1)C(=O)Nc1ccccc1. The van der Waals surface area contributed by atoms with Gasteiger partial charge in [0.1, 0.15) is 6.10 Å². The number of nitrogens with one attached hydrogen (secondary N) is 2. The van der Waals surface area contributed by atoms with Crippen LogP contribution in [0.3, 0.4) is 0 Å². The predicted octanol–water partition coefficient (Wildman–Crippen LogP) is 3.15. The van der Waals surface area contributed by atoms with E-state index in [-0.39, 0.29) is 6.54 Å². The van der Waals surface area contributed by atoms with Crippen LogP contribution in [0.2, 0.25) is 0 Å². The number of para-hydroxylation sites is 1. The minimum atomic E-state index is -0.707. The van der Waals surface area contributed by atoms with Crippen LogP contribution in [0.25, 0.3) is 0 Å². The Morgan fingerprint density at radius 2 is 1.76 bits per heavy atom. The Morgan fingerprint density at radius 1 is 0.960 bits per heavy atom. The van der Waals surface area contributed by atoms with E-state index in [1.807, 2.05) is 35.7 Å². The molecule has 2 heterocycles. The predicted molar refractivity (Wildman–Crippen MR) is 99.6 cm³/mol. The fourth-order valence-corrected chi connectivity index (χ4v) is 3.94. The van der Waals surface area contributed by atoms with Crippen molar-refractivity contribution < 1.29 is 14.7 Å². The van der Waals surface area contributed by atoms with E-state index >= 15 is 0 Å². The highest BCUT2D eigenvalue weighted by Crippen LogP contribution is 2.30. The number of rotatable bonds is 5. The lowest BCUT2D eigenvalue weighted by Gasteiger charge is -2.06. The summed E-state index contributed by atoms with van der Waals surface area (Å²) in [6.45, 7) is 0.239. The average Bonchev–Trinajstić information content (AvgIpc) is 3.32. The Balaban J connectivity index is 1.53. The second-order valence-corrected chi connectivity index (χ2v) is 7.40. The van der Waals surface area contributed by atoms with Crippen LogP contribution in [0.5, 0.6) is 0 Å². The fourth-order valence-electron chi connectivity index (χ4n) is 2.18. The number of carbonyl (C=O) groups excluding carboxylic acids is 2. The van der Waals surface area contributed by atoms with Crippen molar-refractivity contribution in [2.75, 3.05) is 5.32 Å². The number of benzene rings is 1. The van der Waals surface area contributed by atoms with E-state index in [1.54, 1.807) is 24.3 Å². The molecule has 0 bridgehead atoms. The van der Waals surface area contributed by atoms with Crippen LogP contribution in [0.4, 0.5) is 5.69 Å². The van der Waals surface area contributed by atoms with Gasteiger partial charge in [-0.05, 0) is 35.7 Å². The van der Waals surface area contributed by atoms with Gasteiger partial charge in [0.15, 0.2) is 0 Å². The first-order valence-corrected chi connectivity index (χ1v) is 9.27. The fraction of sp³-hybridized carbons (Fsp3) is 0.111. The summed E-state index contributed by atoms with van der Waals surface area (Å²) in [5.74, 6) is -1.40. The van der Waals surface area contributed by atoms with Gasteiger partial charge in [-0.25, -0.2) is 0 Å². The molecule has 2 aromatic heterocycles. The monoisotopic (exact) mass is 372 g/mol. The largest absolute Gasteiger partial charge is 0.382 e. The van der Waals surface area contributed by atoms with Crippen molar-refractivity contribution in [3.8, 4) is 0 Å². The Labute approximate surface area is 153 Å². The quantitative estimate of drug-likeness (QED) is 0.602. The molecule has 1 aromatic carbocycles. The minimum Gasteiger partial charge on any atom is -0.382 e. The van der Waals surface area contributed by atoms with Gasteiger partial charge in [-0.3, -0.25) is 9.59 Å². The number of hydrogen-bond donors (Lipinski definition) is 3. The molecule has 0 radical (unpaired) electrons. The van der Waals surface area contributed by atoms with E-state index in [2.05, 4.69) is 10.6 Å². The Bertz CT molecular complexity index is 844. The number of amides is 2. The molecule has 0 saturated heterocycles. The van der Waals surface area contributed by atoms with Crippen molar-refractivity contribution >= 4 is 40.2 Å². The summed E-state index contributed by atoms with van der Waals surface area (Å²) >= 11 is 2.90. The molecule has 3 aromatic rings. The molecule has 2 amide bonds. The molecular weight excluding hydrogens is 356 g/mol. The van der Waals surface area contributed by atoms with Gasteiger partial charge in [-0.2, -0.15) is 0 Å². The Morgan fingerprint density at radius 3 is 2.48 bits per heavy atom. The van der Waals surface area contributed by atoms with E-state index in [9.17, 15) is 14.7 Å². The summed E-state index contributed by atoms with van der Waals surface area (Å²) in [7, 11) is 0. The normalized spacial score (nSPS) is 11.7. The van der Waals surface area contributed by atoms with Crippen LogP contribution < -0.4 is 10.6 Å². The van der Waals surface area contributed by atoms with E-state index < -0.39 is 17.9 Å². The smallest absolute Gasteiger partial charge is 0.313 e. The van der Waals surface area contributed by atoms with Gasteiger partial charge in [0, 0.05) is 20.3 Å². The van der Waals surface area contributed by atoms with Gasteiger partial charge in [-0.15, -0.1) is 22.7 Å². The van der Waals surface area contributed by atoms with Crippen molar-refractivity contribution in [3.05, 3.63) is 74.6 Å². The first-order valence-electron chi connectivity index (χ1n) is 7.58. The van der Waals surface area contributed by atoms with Gasteiger partial charge in [0.2, 0.25) is 0 Å². The van der Waals surface area contributed by atoms with Crippen LogP contribution >= 0.6 is 22.7 Å². The third-order valence-electron chi connectivity index (χ3n) is 3.43. The molecular formula is C18H16N2O3S2. The standard InChI is InChI=1S/C18H16N2O3S2/c21-16(14-7-4-10-24-14)15-9-8-13(25-15)11-19-17(22)18(23)20-12-5-2-1-3-6-12/h1-10,16,21H,11H2,(H,19,22)(H,20,23). The molecule has 7 heteroatoms. The van der Waals surface area contributed by atoms with Crippen molar-refractivity contribution in [3.63, 3.8) is 0 Å². The summed E-state index contributed by atoms with van der Waals surface area (Å²) in [5.41, 5.74) is 0.570. The molecule has 1 atom stereocenters. The molecule has 0 saturated carbocycles. The molecule has 3 rings (SSSR count). The third-order valence-corrected chi connectivity index (χ3v) is 5.49. The summed E-state index contributed by atoms with van der Waals surface area (Å²) in [6.07, 6.45) is -0.657. The summed E-state index contributed by atoms with van der Waals surface area (Å²) in [5, 5.41) is 17.3. The van der Waals surface area contributed by atoms with Crippen LogP contribution in [0.1, 0.15) is 20.7 Å². The molecule has 25 heavy (non-hydrogen) atoms. The zero-order valence-corrected chi connectivity index (χ0v) is 14.8. The lowest BCUT2D eigenvalue weighted by Crippen LogP contribution is -2.34. The highest BCUT2D eigenvalue weighted by molar-refractivity contribution is 7.12. The second-order valence-electron chi connectivity index (χ2n) is 5.22. The number of anilines is 1. The molecule has 1 unspecified atom stereocenters. The van der Waals surface area contributed by atoms with Crippen LogP contribution in [-0.2, 0) is 16.1 Å². The molecule has 0 spiro atoms. The summed E-state index contributed by atoms with van der Waals surface area (Å²) in [4.78, 5) is 26.3. The Kier molecular flexibility index (Phi) is 5.60. The van der Waals surface area contributed by atoms with Crippen molar-refractivity contribution in [2.45, 2.75) is 12.6 Å². The minimum absolute atomic E-state index is 0.239. The van der Waals surface area contributed by atoms with Crippen LogP contribution in [0.15, 0.2) is 60.0 Å². The highest BCUT2D eigenvalue weighted by Gasteiger charge is 2.16. The number of thiophene rings is 2. The van der Waals surface area contributed by atoms with Crippen LogP contribution in [0, 0.1) is 0 Å². The van der Waals surface area contributed by atoms with Crippen molar-refractivity contribution in [1.82, 2.24) is 5.32 Å². The summed E-state index contributed by atoms with van der Waals surface area (Å²) in [6, 6.07) is 16.2. The van der Waals surface area contributed by atoms with E-state index in [4.69, 9.17) is 0 Å². The highest BCUT2D eigenvalue weighted by atomic mass is 32.1. The summed E-state index contributed by atoms with van der Waals surface area (Å²) < 4.78 is 0. The maximum absolute atomic E-state index is 11.9. The molecule has 0 aliphatic heterocycles. The zero-order valence-electron chi connectivity index (χ0n) is 13.1. The maximum Gasteiger partial charge on any atom is 0.313 e. The topological polar surface area (TPSA) is 78.4 Å². The molecule has 0 aliphatic carbocycles. The lowest BCUT2D eigenvalue weighted by atomic mass is 10.2. The molecule has 0 aliphatic rings. The van der Waals surface area contributed by atoms with Crippen molar-refractivity contribution in [2.24, 2.45) is 0 Å². The van der Waals surface area contributed by atoms with E-state index in [0.717, 1.165) is 14.6 Å². The maximum atomic E-state index is 11.9. The second kappa shape index (κ2) is 8.06. The third kappa shape index (κ3) is 4.54. The molecule has 0 fully saturated rings. The molecule has 3 N–H and O–H groups in total. The van der Waals surface area contributed by atoms with Gasteiger partial charge >= 0.3 is 11.8 Å². The van der Waals surface area contributed by atoms with Crippen molar-refractivity contribution in [1.29, 1.82) is 0 Å². The first-order chi connectivity index (χ1) is 12.1. The molecule has 5 nitrogen and oxygen atoms in total. The van der Waals surface area contributed by atoms with Gasteiger partial charge in [0.05, 0.1) is 6.54 Å². The van der Waals surface area contributed by atoms with Gasteiger partial charge in [-0.1, -0.05) is 24.3 Å².